The maximum absolute atomic E-state index is 12.8. The van der Waals surface area contributed by atoms with Crippen LogP contribution in [0.1, 0.15) is 233 Å². The van der Waals surface area contributed by atoms with Gasteiger partial charge in [-0.25, -0.2) is 4.79 Å². The van der Waals surface area contributed by atoms with Crippen LogP contribution in [0.2, 0.25) is 0 Å². The zero-order valence-electron chi connectivity index (χ0n) is 36.8. The fourth-order valence-electron chi connectivity index (χ4n) is 6.97. The van der Waals surface area contributed by atoms with Gasteiger partial charge in [-0.3, -0.25) is 4.79 Å². The molecule has 1 atom stereocenters. The second-order valence-corrected chi connectivity index (χ2v) is 16.2. The van der Waals surface area contributed by atoms with Crippen LogP contribution in [0.5, 0.6) is 0 Å². The summed E-state index contributed by atoms with van der Waals surface area (Å²) in [6.07, 6.45) is 49.4. The smallest absolute Gasteiger partial charge is 0.330 e. The molecule has 316 valence electrons. The summed E-state index contributed by atoms with van der Waals surface area (Å²) in [5.74, 6) is -0.250. The molecule has 0 aromatic rings. The maximum atomic E-state index is 12.8. The highest BCUT2D eigenvalue weighted by Gasteiger charge is 2.15. The number of nitrogens with zero attached hydrogens (tertiary/aromatic N) is 1. The molecule has 5 nitrogen and oxygen atoms in total. The van der Waals surface area contributed by atoms with Crippen LogP contribution in [0.4, 0.5) is 0 Å². The Kier molecular flexibility index (Phi) is 40.8. The third kappa shape index (κ3) is 39.8. The molecule has 0 aliphatic carbocycles. The molecule has 0 N–H and O–H groups in total. The predicted molar refractivity (Wildman–Crippen MR) is 235 cm³/mol. The summed E-state index contributed by atoms with van der Waals surface area (Å²) in [6, 6.07) is 0. The van der Waals surface area contributed by atoms with Gasteiger partial charge in [0.25, 0.3) is 0 Å². The molecule has 0 fully saturated rings. The minimum absolute atomic E-state index is 0.0377. The molecule has 0 radical (unpaired) electrons. The fraction of sp³-hybridized carbons (Fsp3) is 0.837. The van der Waals surface area contributed by atoms with E-state index in [2.05, 4.69) is 50.0 Å². The maximum Gasteiger partial charge on any atom is 0.330 e. The van der Waals surface area contributed by atoms with Crippen molar-refractivity contribution in [3.05, 3.63) is 36.0 Å². The van der Waals surface area contributed by atoms with Gasteiger partial charge in [0, 0.05) is 12.5 Å². The molecule has 0 aromatic heterocycles. The van der Waals surface area contributed by atoms with E-state index in [-0.39, 0.29) is 18.0 Å². The van der Waals surface area contributed by atoms with Crippen molar-refractivity contribution in [1.29, 1.82) is 0 Å². The van der Waals surface area contributed by atoms with Gasteiger partial charge in [0.1, 0.15) is 6.10 Å². The van der Waals surface area contributed by atoms with Gasteiger partial charge in [0.05, 0.1) is 6.61 Å². The van der Waals surface area contributed by atoms with E-state index in [0.29, 0.717) is 13.0 Å². The van der Waals surface area contributed by atoms with Gasteiger partial charge in [-0.2, -0.15) is 0 Å². The first-order chi connectivity index (χ1) is 26.4. The zero-order valence-corrected chi connectivity index (χ0v) is 36.8. The summed E-state index contributed by atoms with van der Waals surface area (Å²) < 4.78 is 11.7. The minimum atomic E-state index is -0.177. The van der Waals surface area contributed by atoms with E-state index in [9.17, 15) is 9.59 Å². The molecule has 0 saturated heterocycles. The van der Waals surface area contributed by atoms with E-state index in [0.717, 1.165) is 64.3 Å². The number of esters is 2. The van der Waals surface area contributed by atoms with Crippen molar-refractivity contribution >= 4 is 11.9 Å². The van der Waals surface area contributed by atoms with Crippen molar-refractivity contribution < 1.29 is 19.1 Å². The lowest BCUT2D eigenvalue weighted by Crippen LogP contribution is -2.20. The Balaban J connectivity index is 4.56. The van der Waals surface area contributed by atoms with Gasteiger partial charge in [-0.15, -0.1) is 0 Å². The lowest BCUT2D eigenvalue weighted by molar-refractivity contribution is -0.150. The van der Waals surface area contributed by atoms with Crippen LogP contribution in [0.25, 0.3) is 0 Å². The molecule has 0 heterocycles. The summed E-state index contributed by atoms with van der Waals surface area (Å²) >= 11 is 0. The van der Waals surface area contributed by atoms with Gasteiger partial charge in [0.2, 0.25) is 0 Å². The van der Waals surface area contributed by atoms with Crippen molar-refractivity contribution in [2.45, 2.75) is 239 Å². The SMILES string of the molecule is CCCCC/C=C\C/C=C\CCCCCCCCC(CCCCOC(=O)/C=C(\CCCCCCC)CCCCCCCCCC)OC(=O)CCCN(C)C. The first-order valence-corrected chi connectivity index (χ1v) is 23.4. The van der Waals surface area contributed by atoms with E-state index < -0.39 is 0 Å². The Bertz CT molecular complexity index is 907. The van der Waals surface area contributed by atoms with Gasteiger partial charge < -0.3 is 14.4 Å². The van der Waals surface area contributed by atoms with E-state index in [4.69, 9.17) is 9.47 Å². The first kappa shape index (κ1) is 52.1. The van der Waals surface area contributed by atoms with Gasteiger partial charge >= 0.3 is 11.9 Å². The molecular weight excluding hydrogens is 667 g/mol. The normalized spacial score (nSPS) is 12.7. The highest BCUT2D eigenvalue weighted by Crippen LogP contribution is 2.20. The lowest BCUT2D eigenvalue weighted by Gasteiger charge is -2.18. The monoisotopic (exact) mass is 758 g/mol. The van der Waals surface area contributed by atoms with Crippen molar-refractivity contribution in [2.24, 2.45) is 0 Å². The first-order valence-electron chi connectivity index (χ1n) is 23.4. The van der Waals surface area contributed by atoms with Crippen molar-refractivity contribution in [2.75, 3.05) is 27.2 Å². The Morgan fingerprint density at radius 2 is 0.981 bits per heavy atom. The summed E-state index contributed by atoms with van der Waals surface area (Å²) in [5, 5.41) is 0. The lowest BCUT2D eigenvalue weighted by atomic mass is 9.99. The average molecular weight is 758 g/mol. The van der Waals surface area contributed by atoms with Crippen molar-refractivity contribution in [1.82, 2.24) is 4.90 Å². The third-order valence-corrected chi connectivity index (χ3v) is 10.5. The molecule has 54 heavy (non-hydrogen) atoms. The highest BCUT2D eigenvalue weighted by molar-refractivity contribution is 5.82. The molecule has 5 heteroatoms. The van der Waals surface area contributed by atoms with Gasteiger partial charge in [0.15, 0.2) is 0 Å². The molecule has 0 saturated carbocycles. The van der Waals surface area contributed by atoms with Crippen LogP contribution in [0.3, 0.4) is 0 Å². The number of unbranched alkanes of at least 4 members (excludes halogenated alkanes) is 21. The number of hydrogen-bond acceptors (Lipinski definition) is 5. The molecule has 0 aliphatic heterocycles. The molecular formula is C49H91NO4. The minimum Gasteiger partial charge on any atom is -0.463 e. The summed E-state index contributed by atoms with van der Waals surface area (Å²) in [4.78, 5) is 27.6. The molecule has 0 aliphatic rings. The topological polar surface area (TPSA) is 55.8 Å². The fourth-order valence-corrected chi connectivity index (χ4v) is 6.97. The molecule has 0 spiro atoms. The van der Waals surface area contributed by atoms with E-state index in [1.807, 2.05) is 20.2 Å². The third-order valence-electron chi connectivity index (χ3n) is 10.5. The number of hydrogen-bond donors (Lipinski definition) is 0. The number of rotatable bonds is 41. The van der Waals surface area contributed by atoms with E-state index in [1.54, 1.807) is 0 Å². The number of allylic oxidation sites excluding steroid dienone is 5. The van der Waals surface area contributed by atoms with Crippen LogP contribution in [-0.4, -0.2) is 50.2 Å². The summed E-state index contributed by atoms with van der Waals surface area (Å²) in [6.45, 7) is 8.11. The van der Waals surface area contributed by atoms with Gasteiger partial charge in [-0.1, -0.05) is 160 Å². The largest absolute Gasteiger partial charge is 0.463 e. The molecule has 0 rings (SSSR count). The van der Waals surface area contributed by atoms with E-state index in [1.165, 1.54) is 153 Å². The number of carbonyl (C=O) groups is 2. The number of carbonyl (C=O) groups excluding carboxylic acids is 2. The second kappa shape index (κ2) is 42.3. The average Bonchev–Trinajstić information content (AvgIpc) is 3.15. The van der Waals surface area contributed by atoms with Crippen LogP contribution in [0.15, 0.2) is 36.0 Å². The molecule has 0 aromatic carbocycles. The Morgan fingerprint density at radius 1 is 0.519 bits per heavy atom. The van der Waals surface area contributed by atoms with Crippen LogP contribution >= 0.6 is 0 Å². The summed E-state index contributed by atoms with van der Waals surface area (Å²) in [5.41, 5.74) is 1.28. The van der Waals surface area contributed by atoms with E-state index >= 15 is 0 Å². The summed E-state index contributed by atoms with van der Waals surface area (Å²) in [7, 11) is 4.07. The predicted octanol–water partition coefficient (Wildman–Crippen LogP) is 15.0. The Morgan fingerprint density at radius 3 is 1.54 bits per heavy atom. The quantitative estimate of drug-likeness (QED) is 0.0269. The van der Waals surface area contributed by atoms with Crippen LogP contribution in [0, 0.1) is 0 Å². The number of ether oxygens (including phenoxy) is 2. The van der Waals surface area contributed by atoms with Crippen LogP contribution < -0.4 is 0 Å². The van der Waals surface area contributed by atoms with Crippen LogP contribution in [-0.2, 0) is 19.1 Å². The van der Waals surface area contributed by atoms with Gasteiger partial charge in [-0.05, 0) is 117 Å². The molecule has 0 amide bonds. The zero-order chi connectivity index (χ0) is 39.6. The highest BCUT2D eigenvalue weighted by atomic mass is 16.5. The Hall–Kier alpha value is -1.88. The standard InChI is InChI=1S/C49H91NO4/c1-6-9-12-15-17-19-20-21-22-23-24-25-26-28-31-34-40-47(54-48(51)42-37-43-50(4)5)41-35-36-44-53-49(52)45-46(38-32-29-14-11-8-3)39-33-30-27-18-16-13-10-7-2/h17,19,21-22,45,47H,6-16,18,20,23-44H2,1-5H3/b19-17-,22-21-,46-45+. The molecule has 1 unspecified atom stereocenters. The second-order valence-electron chi connectivity index (χ2n) is 16.2. The molecule has 0 bridgehead atoms. The van der Waals surface area contributed by atoms with Crippen molar-refractivity contribution in [3.8, 4) is 0 Å². The van der Waals surface area contributed by atoms with Crippen molar-refractivity contribution in [3.63, 3.8) is 0 Å². The Labute approximate surface area is 336 Å².